The molecule has 1 aliphatic heterocycles. The third-order valence-electron chi connectivity index (χ3n) is 5.30. The number of hydrogen-bond acceptors (Lipinski definition) is 5. The van der Waals surface area contributed by atoms with Crippen LogP contribution in [0, 0.1) is 5.92 Å². The molecule has 0 bridgehead atoms. The third kappa shape index (κ3) is 4.11. The smallest absolute Gasteiger partial charge is 0.225 e. The molecular weight excluding hydrogens is 374 g/mol. The summed E-state index contributed by atoms with van der Waals surface area (Å²) in [5.41, 5.74) is 3.08. The summed E-state index contributed by atoms with van der Waals surface area (Å²) in [6, 6.07) is 15.8. The lowest BCUT2D eigenvalue weighted by atomic mass is 9.87. The van der Waals surface area contributed by atoms with Gasteiger partial charge in [-0.2, -0.15) is 0 Å². The molecule has 1 aromatic heterocycles. The van der Waals surface area contributed by atoms with Gasteiger partial charge in [0, 0.05) is 18.1 Å². The molecule has 5 nitrogen and oxygen atoms in total. The number of piperidine rings is 1. The first-order chi connectivity index (χ1) is 13.6. The summed E-state index contributed by atoms with van der Waals surface area (Å²) in [6.45, 7) is 1.57. The van der Waals surface area contributed by atoms with E-state index in [0.717, 1.165) is 42.6 Å². The molecule has 2 aromatic carbocycles. The molecule has 1 fully saturated rings. The van der Waals surface area contributed by atoms with E-state index in [0.29, 0.717) is 11.0 Å². The summed E-state index contributed by atoms with van der Waals surface area (Å²) in [5, 5.41) is 20.9. The van der Waals surface area contributed by atoms with Gasteiger partial charge in [-0.05, 0) is 47.6 Å². The zero-order valence-electron chi connectivity index (χ0n) is 15.4. The summed E-state index contributed by atoms with van der Waals surface area (Å²) in [5.74, 6) is 0.886. The number of aliphatic hydroxyl groups is 1. The fourth-order valence-corrected chi connectivity index (χ4v) is 3.90. The van der Waals surface area contributed by atoms with Crippen LogP contribution < -0.4 is 4.90 Å². The highest BCUT2D eigenvalue weighted by Gasteiger charge is 2.27. The third-order valence-corrected chi connectivity index (χ3v) is 5.54. The molecule has 3 aromatic rings. The number of benzene rings is 2. The average Bonchev–Trinajstić information content (AvgIpc) is 2.74. The van der Waals surface area contributed by atoms with Crippen LogP contribution in [0.4, 0.5) is 5.95 Å². The average molecular weight is 396 g/mol. The van der Waals surface area contributed by atoms with E-state index in [4.69, 9.17) is 11.6 Å². The fraction of sp³-hybridized carbons (Fsp3) is 0.273. The lowest BCUT2D eigenvalue weighted by Gasteiger charge is -2.34. The van der Waals surface area contributed by atoms with Gasteiger partial charge in [-0.3, -0.25) is 0 Å². The Kier molecular flexibility index (Phi) is 5.46. The summed E-state index contributed by atoms with van der Waals surface area (Å²) in [4.78, 5) is 10.4. The molecule has 0 aliphatic carbocycles. The Bertz CT molecular complexity index is 923. The van der Waals surface area contributed by atoms with Crippen molar-refractivity contribution < 1.29 is 10.2 Å². The molecule has 6 heteroatoms. The van der Waals surface area contributed by atoms with Gasteiger partial charge < -0.3 is 15.1 Å². The van der Waals surface area contributed by atoms with Crippen LogP contribution in [0.1, 0.15) is 24.5 Å². The van der Waals surface area contributed by atoms with Crippen molar-refractivity contribution >= 4 is 17.5 Å². The van der Waals surface area contributed by atoms with Gasteiger partial charge in [0.1, 0.15) is 0 Å². The largest absolute Gasteiger partial charge is 0.505 e. The lowest BCUT2D eigenvalue weighted by molar-refractivity contribution is 0.0928. The Hall–Kier alpha value is -2.63. The molecule has 2 N–H and O–H groups in total. The van der Waals surface area contributed by atoms with E-state index in [2.05, 4.69) is 14.9 Å². The van der Waals surface area contributed by atoms with Gasteiger partial charge in [-0.1, -0.05) is 48.0 Å². The summed E-state index contributed by atoms with van der Waals surface area (Å²) in [6.07, 6.45) is 4.05. The molecule has 144 valence electrons. The Morgan fingerprint density at radius 1 is 0.964 bits per heavy atom. The Labute approximate surface area is 169 Å². The van der Waals surface area contributed by atoms with Crippen molar-refractivity contribution in [3.8, 4) is 16.9 Å². The molecule has 1 atom stereocenters. The minimum atomic E-state index is -0.490. The summed E-state index contributed by atoms with van der Waals surface area (Å²) >= 11 is 6.08. The molecule has 4 rings (SSSR count). The van der Waals surface area contributed by atoms with Crippen LogP contribution in [-0.2, 0) is 0 Å². The SMILES string of the molecule is Oc1cnc(N2CCC(C(O)c3ccc(-c4cccc(Cl)c4)cc3)CC2)nc1. The molecule has 0 radical (unpaired) electrons. The zero-order valence-corrected chi connectivity index (χ0v) is 16.1. The second kappa shape index (κ2) is 8.17. The first-order valence-corrected chi connectivity index (χ1v) is 9.78. The van der Waals surface area contributed by atoms with Crippen LogP contribution >= 0.6 is 11.6 Å². The number of anilines is 1. The maximum Gasteiger partial charge on any atom is 0.225 e. The first kappa shape index (κ1) is 18.7. The highest BCUT2D eigenvalue weighted by Crippen LogP contribution is 2.33. The van der Waals surface area contributed by atoms with Crippen molar-refractivity contribution in [1.29, 1.82) is 0 Å². The highest BCUT2D eigenvalue weighted by atomic mass is 35.5. The monoisotopic (exact) mass is 395 g/mol. The quantitative estimate of drug-likeness (QED) is 0.682. The van der Waals surface area contributed by atoms with Crippen molar-refractivity contribution in [3.05, 3.63) is 71.5 Å². The van der Waals surface area contributed by atoms with E-state index < -0.39 is 6.10 Å². The second-order valence-electron chi connectivity index (χ2n) is 7.14. The van der Waals surface area contributed by atoms with Gasteiger partial charge in [0.05, 0.1) is 18.5 Å². The molecular formula is C22H22ClN3O2. The van der Waals surface area contributed by atoms with Gasteiger partial charge >= 0.3 is 0 Å². The van der Waals surface area contributed by atoms with Gasteiger partial charge in [-0.25, -0.2) is 9.97 Å². The number of aromatic hydroxyl groups is 1. The second-order valence-corrected chi connectivity index (χ2v) is 7.58. The van der Waals surface area contributed by atoms with E-state index in [1.165, 1.54) is 12.4 Å². The van der Waals surface area contributed by atoms with Gasteiger partial charge in [0.25, 0.3) is 0 Å². The molecule has 1 unspecified atom stereocenters. The fourth-order valence-electron chi connectivity index (χ4n) is 3.71. The number of aromatic nitrogens is 2. The van der Waals surface area contributed by atoms with Crippen LogP contribution in [0.2, 0.25) is 5.02 Å². The van der Waals surface area contributed by atoms with Gasteiger partial charge in [0.2, 0.25) is 5.95 Å². The van der Waals surface area contributed by atoms with Crippen molar-refractivity contribution in [1.82, 2.24) is 9.97 Å². The van der Waals surface area contributed by atoms with E-state index in [1.807, 2.05) is 48.5 Å². The minimum absolute atomic E-state index is 0.0651. The van der Waals surface area contributed by atoms with E-state index in [1.54, 1.807) is 0 Å². The Balaban J connectivity index is 1.40. The number of rotatable bonds is 4. The number of aliphatic hydroxyl groups excluding tert-OH is 1. The molecule has 0 spiro atoms. The summed E-state index contributed by atoms with van der Waals surface area (Å²) in [7, 11) is 0. The lowest BCUT2D eigenvalue weighted by Crippen LogP contribution is -2.36. The molecule has 0 saturated carbocycles. The number of nitrogens with zero attached hydrogens (tertiary/aromatic N) is 3. The Morgan fingerprint density at radius 3 is 2.29 bits per heavy atom. The van der Waals surface area contributed by atoms with Gasteiger partial charge in [-0.15, -0.1) is 0 Å². The maximum atomic E-state index is 10.8. The van der Waals surface area contributed by atoms with Crippen molar-refractivity contribution in [3.63, 3.8) is 0 Å². The molecule has 0 amide bonds. The molecule has 28 heavy (non-hydrogen) atoms. The highest BCUT2D eigenvalue weighted by molar-refractivity contribution is 6.30. The minimum Gasteiger partial charge on any atom is -0.505 e. The zero-order chi connectivity index (χ0) is 19.5. The predicted molar refractivity (Wildman–Crippen MR) is 110 cm³/mol. The van der Waals surface area contributed by atoms with Crippen molar-refractivity contribution in [2.24, 2.45) is 5.92 Å². The van der Waals surface area contributed by atoms with E-state index in [9.17, 15) is 10.2 Å². The standard InChI is InChI=1S/C22H22ClN3O2/c23-19-3-1-2-18(12-19)15-4-6-16(7-5-15)21(28)17-8-10-26(11-9-17)22-24-13-20(27)14-25-22/h1-7,12-14,17,21,27-28H,8-11H2. The predicted octanol–water partition coefficient (Wildman–Crippen LogP) is 4.45. The topological polar surface area (TPSA) is 69.5 Å². The molecule has 1 saturated heterocycles. The van der Waals surface area contributed by atoms with Crippen LogP contribution in [0.25, 0.3) is 11.1 Å². The van der Waals surface area contributed by atoms with Crippen LogP contribution in [0.3, 0.4) is 0 Å². The first-order valence-electron chi connectivity index (χ1n) is 9.40. The van der Waals surface area contributed by atoms with Crippen LogP contribution in [0.5, 0.6) is 5.75 Å². The maximum absolute atomic E-state index is 10.8. The van der Waals surface area contributed by atoms with Crippen LogP contribution in [-0.4, -0.2) is 33.3 Å². The Morgan fingerprint density at radius 2 is 1.64 bits per heavy atom. The van der Waals surface area contributed by atoms with Crippen molar-refractivity contribution in [2.75, 3.05) is 18.0 Å². The van der Waals surface area contributed by atoms with Gasteiger partial charge in [0.15, 0.2) is 5.75 Å². The molecule has 1 aliphatic rings. The number of hydrogen-bond donors (Lipinski definition) is 2. The normalized spacial score (nSPS) is 16.1. The number of halogens is 1. The van der Waals surface area contributed by atoms with E-state index in [-0.39, 0.29) is 11.7 Å². The molecule has 2 heterocycles. The van der Waals surface area contributed by atoms with E-state index >= 15 is 0 Å². The van der Waals surface area contributed by atoms with Crippen LogP contribution in [0.15, 0.2) is 60.9 Å². The summed E-state index contributed by atoms with van der Waals surface area (Å²) < 4.78 is 0. The van der Waals surface area contributed by atoms with Crippen molar-refractivity contribution in [2.45, 2.75) is 18.9 Å².